The lowest BCUT2D eigenvalue weighted by molar-refractivity contribution is 0.268. The summed E-state index contributed by atoms with van der Waals surface area (Å²) in [6.07, 6.45) is 5.17. The molecule has 0 aromatic carbocycles. The SMILES string of the molecule is OCCn1cc(CNCc2ccoc2)nn1. The van der Waals surface area contributed by atoms with Crippen LogP contribution >= 0.6 is 0 Å². The molecule has 6 heteroatoms. The quantitative estimate of drug-likeness (QED) is 0.727. The van der Waals surface area contributed by atoms with Gasteiger partial charge in [-0.3, -0.25) is 0 Å². The van der Waals surface area contributed by atoms with Crippen molar-refractivity contribution in [1.29, 1.82) is 0 Å². The molecule has 0 radical (unpaired) electrons. The summed E-state index contributed by atoms with van der Waals surface area (Å²) in [5.41, 5.74) is 1.96. The van der Waals surface area contributed by atoms with Crippen molar-refractivity contribution in [3.8, 4) is 0 Å². The van der Waals surface area contributed by atoms with Crippen LogP contribution in [0.3, 0.4) is 0 Å². The predicted molar refractivity (Wildman–Crippen MR) is 56.4 cm³/mol. The lowest BCUT2D eigenvalue weighted by atomic mass is 10.3. The van der Waals surface area contributed by atoms with Gasteiger partial charge in [-0.25, -0.2) is 4.68 Å². The molecule has 0 aliphatic carbocycles. The summed E-state index contributed by atoms with van der Waals surface area (Å²) in [7, 11) is 0. The molecular formula is C10H14N4O2. The van der Waals surface area contributed by atoms with Gasteiger partial charge >= 0.3 is 0 Å². The summed E-state index contributed by atoms with van der Waals surface area (Å²) in [5.74, 6) is 0. The Hall–Kier alpha value is -1.66. The second kappa shape index (κ2) is 5.43. The van der Waals surface area contributed by atoms with Crippen LogP contribution < -0.4 is 5.32 Å². The van der Waals surface area contributed by atoms with E-state index in [1.54, 1.807) is 17.2 Å². The standard InChI is InChI=1S/C10H14N4O2/c15-3-2-14-7-10(12-13-14)6-11-5-9-1-4-16-8-9/h1,4,7-8,11,15H,2-3,5-6H2. The smallest absolute Gasteiger partial charge is 0.0964 e. The predicted octanol–water partition coefficient (Wildman–Crippen LogP) is 0.153. The zero-order valence-corrected chi connectivity index (χ0v) is 8.83. The minimum absolute atomic E-state index is 0.0747. The third-order valence-electron chi connectivity index (χ3n) is 2.13. The van der Waals surface area contributed by atoms with E-state index in [1.807, 2.05) is 12.3 Å². The number of hydrogen-bond acceptors (Lipinski definition) is 5. The molecule has 6 nitrogen and oxygen atoms in total. The molecule has 0 bridgehead atoms. The van der Waals surface area contributed by atoms with Crippen molar-refractivity contribution >= 4 is 0 Å². The lowest BCUT2D eigenvalue weighted by Gasteiger charge is -1.98. The first-order valence-corrected chi connectivity index (χ1v) is 5.10. The minimum Gasteiger partial charge on any atom is -0.472 e. The highest BCUT2D eigenvalue weighted by Crippen LogP contribution is 1.99. The third kappa shape index (κ3) is 2.91. The van der Waals surface area contributed by atoms with Crippen molar-refractivity contribution in [3.05, 3.63) is 36.0 Å². The molecule has 0 amide bonds. The molecule has 2 aromatic rings. The average Bonchev–Trinajstić information content (AvgIpc) is 2.90. The van der Waals surface area contributed by atoms with E-state index in [9.17, 15) is 0 Å². The van der Waals surface area contributed by atoms with Gasteiger partial charge in [-0.15, -0.1) is 5.10 Å². The number of nitrogens with zero attached hydrogens (tertiary/aromatic N) is 3. The number of aliphatic hydroxyl groups is 1. The number of furan rings is 1. The normalized spacial score (nSPS) is 10.8. The van der Waals surface area contributed by atoms with Gasteiger partial charge in [-0.05, 0) is 6.07 Å². The second-order valence-electron chi connectivity index (χ2n) is 3.43. The first kappa shape index (κ1) is 10.8. The van der Waals surface area contributed by atoms with Crippen molar-refractivity contribution in [2.45, 2.75) is 19.6 Å². The third-order valence-corrected chi connectivity index (χ3v) is 2.13. The van der Waals surface area contributed by atoms with Crippen LogP contribution in [0.15, 0.2) is 29.2 Å². The molecule has 2 heterocycles. The summed E-state index contributed by atoms with van der Waals surface area (Å²) in [5, 5.41) is 19.8. The van der Waals surface area contributed by atoms with Gasteiger partial charge in [0.1, 0.15) is 0 Å². The Labute approximate surface area is 92.9 Å². The Morgan fingerprint density at radius 3 is 3.12 bits per heavy atom. The summed E-state index contributed by atoms with van der Waals surface area (Å²) >= 11 is 0. The molecule has 0 spiro atoms. The van der Waals surface area contributed by atoms with Crippen LogP contribution in [0.4, 0.5) is 0 Å². The van der Waals surface area contributed by atoms with Crippen molar-refractivity contribution < 1.29 is 9.52 Å². The summed E-state index contributed by atoms with van der Waals surface area (Å²) < 4.78 is 6.57. The fraction of sp³-hybridized carbons (Fsp3) is 0.400. The van der Waals surface area contributed by atoms with Gasteiger partial charge in [-0.2, -0.15) is 0 Å². The van der Waals surface area contributed by atoms with Crippen LogP contribution in [0.5, 0.6) is 0 Å². The maximum absolute atomic E-state index is 8.72. The molecule has 0 saturated heterocycles. The van der Waals surface area contributed by atoms with Crippen LogP contribution in [-0.4, -0.2) is 26.7 Å². The molecule has 0 aliphatic rings. The van der Waals surface area contributed by atoms with E-state index in [0.717, 1.165) is 17.8 Å². The lowest BCUT2D eigenvalue weighted by Crippen LogP contribution is -2.12. The molecule has 0 aliphatic heterocycles. The maximum atomic E-state index is 8.72. The summed E-state index contributed by atoms with van der Waals surface area (Å²) in [6, 6.07) is 1.91. The van der Waals surface area contributed by atoms with Gasteiger partial charge < -0.3 is 14.8 Å². The van der Waals surface area contributed by atoms with Gasteiger partial charge in [-0.1, -0.05) is 5.21 Å². The number of aromatic nitrogens is 3. The van der Waals surface area contributed by atoms with Crippen molar-refractivity contribution in [1.82, 2.24) is 20.3 Å². The monoisotopic (exact) mass is 222 g/mol. The maximum Gasteiger partial charge on any atom is 0.0964 e. The minimum atomic E-state index is 0.0747. The molecule has 16 heavy (non-hydrogen) atoms. The topological polar surface area (TPSA) is 76.1 Å². The fourth-order valence-electron chi connectivity index (χ4n) is 1.36. The summed E-state index contributed by atoms with van der Waals surface area (Å²) in [4.78, 5) is 0. The number of aliphatic hydroxyl groups excluding tert-OH is 1. The van der Waals surface area contributed by atoms with Crippen molar-refractivity contribution in [3.63, 3.8) is 0 Å². The van der Waals surface area contributed by atoms with Gasteiger partial charge in [0.25, 0.3) is 0 Å². The fourth-order valence-corrected chi connectivity index (χ4v) is 1.36. The second-order valence-corrected chi connectivity index (χ2v) is 3.43. The highest BCUT2D eigenvalue weighted by molar-refractivity contribution is 5.04. The van der Waals surface area contributed by atoms with E-state index < -0.39 is 0 Å². The van der Waals surface area contributed by atoms with Crippen LogP contribution in [-0.2, 0) is 19.6 Å². The molecular weight excluding hydrogens is 208 g/mol. The average molecular weight is 222 g/mol. The van der Waals surface area contributed by atoms with Crippen LogP contribution in [0, 0.1) is 0 Å². The Balaban J connectivity index is 1.76. The van der Waals surface area contributed by atoms with Gasteiger partial charge in [0.05, 0.1) is 31.4 Å². The van der Waals surface area contributed by atoms with Gasteiger partial charge in [0, 0.05) is 24.8 Å². The Morgan fingerprint density at radius 1 is 1.44 bits per heavy atom. The van der Waals surface area contributed by atoms with Crippen molar-refractivity contribution in [2.24, 2.45) is 0 Å². The number of hydrogen-bond donors (Lipinski definition) is 2. The van der Waals surface area contributed by atoms with E-state index in [0.29, 0.717) is 13.1 Å². The molecule has 2 aromatic heterocycles. The first-order valence-electron chi connectivity index (χ1n) is 5.10. The number of nitrogens with one attached hydrogen (secondary N) is 1. The zero-order valence-electron chi connectivity index (χ0n) is 8.83. The molecule has 86 valence electrons. The van der Waals surface area contributed by atoms with Crippen LogP contribution in [0.25, 0.3) is 0 Å². The largest absolute Gasteiger partial charge is 0.472 e. The molecule has 0 unspecified atom stereocenters. The van der Waals surface area contributed by atoms with E-state index in [2.05, 4.69) is 15.6 Å². The highest BCUT2D eigenvalue weighted by atomic mass is 16.3. The molecule has 0 saturated carbocycles. The Kier molecular flexibility index (Phi) is 3.68. The van der Waals surface area contributed by atoms with Crippen LogP contribution in [0.1, 0.15) is 11.3 Å². The van der Waals surface area contributed by atoms with Crippen molar-refractivity contribution in [2.75, 3.05) is 6.61 Å². The Morgan fingerprint density at radius 2 is 2.38 bits per heavy atom. The Bertz CT molecular complexity index is 410. The zero-order chi connectivity index (χ0) is 11.2. The molecule has 2 N–H and O–H groups in total. The number of rotatable bonds is 6. The molecule has 0 atom stereocenters. The van der Waals surface area contributed by atoms with E-state index >= 15 is 0 Å². The van der Waals surface area contributed by atoms with E-state index in [-0.39, 0.29) is 6.61 Å². The highest BCUT2D eigenvalue weighted by Gasteiger charge is 2.00. The van der Waals surface area contributed by atoms with E-state index in [4.69, 9.17) is 9.52 Å². The summed E-state index contributed by atoms with van der Waals surface area (Å²) in [6.45, 7) is 1.94. The molecule has 0 fully saturated rings. The van der Waals surface area contributed by atoms with Gasteiger partial charge in [0.2, 0.25) is 0 Å². The molecule has 2 rings (SSSR count). The first-order chi connectivity index (χ1) is 7.88. The van der Waals surface area contributed by atoms with Crippen LogP contribution in [0.2, 0.25) is 0 Å². The van der Waals surface area contributed by atoms with E-state index in [1.165, 1.54) is 0 Å². The van der Waals surface area contributed by atoms with Gasteiger partial charge in [0.15, 0.2) is 0 Å².